The fraction of sp³-hybridized carbons (Fsp3) is 0.390. The minimum atomic E-state index is 0. The smallest absolute Gasteiger partial charge is 0.230 e. The van der Waals surface area contributed by atoms with E-state index in [1.165, 1.54) is 66.8 Å². The molecule has 20 rings (SSSR count). The molecule has 6 nitrogen and oxygen atoms in total. The molecule has 0 radical (unpaired) electrons. The molecule has 6 aromatic rings. The van der Waals surface area contributed by atoms with Gasteiger partial charge in [-0.15, -0.1) is 0 Å². The summed E-state index contributed by atoms with van der Waals surface area (Å²) in [6.07, 6.45) is 4.61. The normalized spacial score (nSPS) is 12.6. The lowest BCUT2D eigenvalue weighted by molar-refractivity contribution is 0.119. The first-order valence-corrected chi connectivity index (χ1v) is 23.6. The fourth-order valence-corrected chi connectivity index (χ4v) is 7.90. The van der Waals surface area contributed by atoms with Crippen molar-refractivity contribution in [3.05, 3.63) is 176 Å². The van der Waals surface area contributed by atoms with Gasteiger partial charge in [-0.25, -0.2) is 0 Å². The van der Waals surface area contributed by atoms with Gasteiger partial charge in [0.05, 0.1) is 0 Å². The molecule has 0 aromatic heterocycles. The van der Waals surface area contributed by atoms with Gasteiger partial charge in [-0.2, -0.15) is 0 Å². The first-order chi connectivity index (χ1) is 31.1. The Hall–Kier alpha value is -5.88. The van der Waals surface area contributed by atoms with Crippen LogP contribution in [0.2, 0.25) is 0 Å². The van der Waals surface area contributed by atoms with Crippen molar-refractivity contribution in [1.82, 2.24) is 0 Å². The van der Waals surface area contributed by atoms with Gasteiger partial charge >= 0.3 is 0 Å². The molecule has 0 N–H and O–H groups in total. The lowest BCUT2D eigenvalue weighted by Gasteiger charge is -2.17. The molecule has 0 spiro atoms. The molecular weight excluding hydrogens is 805 g/mol. The van der Waals surface area contributed by atoms with E-state index in [9.17, 15) is 0 Å². The van der Waals surface area contributed by atoms with Gasteiger partial charge < -0.3 is 28.4 Å². The number of hydrogen-bond donors (Lipinski definition) is 0. The van der Waals surface area contributed by atoms with Gasteiger partial charge in [0.1, 0.15) is 34.5 Å². The second-order valence-electron chi connectivity index (χ2n) is 13.9. The summed E-state index contributed by atoms with van der Waals surface area (Å²) in [4.78, 5) is 0. The van der Waals surface area contributed by atoms with Gasteiger partial charge in [-0.05, 0) is 178 Å². The van der Waals surface area contributed by atoms with Crippen LogP contribution in [0.1, 0.15) is 165 Å². The molecule has 65 heavy (non-hydrogen) atoms. The number of ether oxygens (including phenoxy) is 6. The van der Waals surface area contributed by atoms with E-state index in [0.29, 0.717) is 0 Å². The molecule has 12 aliphatic heterocycles. The zero-order valence-electron chi connectivity index (χ0n) is 40.2. The van der Waals surface area contributed by atoms with Crippen molar-refractivity contribution < 1.29 is 28.4 Å². The zero-order chi connectivity index (χ0) is 45.7. The van der Waals surface area contributed by atoms with Crippen molar-refractivity contribution in [2.45, 2.75) is 136 Å². The van der Waals surface area contributed by atoms with E-state index in [4.69, 9.17) is 28.4 Å². The van der Waals surface area contributed by atoms with Crippen molar-refractivity contribution >= 4 is 0 Å². The highest BCUT2D eigenvalue weighted by Crippen LogP contribution is 2.35. The monoisotopic (exact) mass is 885 g/mol. The van der Waals surface area contributed by atoms with Gasteiger partial charge in [-0.1, -0.05) is 134 Å². The third-order valence-corrected chi connectivity index (χ3v) is 10.7. The third-order valence-electron chi connectivity index (χ3n) is 10.7. The molecule has 14 aliphatic rings. The Balaban J connectivity index is 0.000000964. The quantitative estimate of drug-likeness (QED) is 0.151. The molecule has 18 bridgehead atoms. The van der Waals surface area contributed by atoms with Gasteiger partial charge in [0.2, 0.25) is 20.4 Å². The van der Waals surface area contributed by atoms with Crippen LogP contribution in [0.3, 0.4) is 0 Å². The van der Waals surface area contributed by atoms with E-state index in [-0.39, 0.29) is 35.2 Å². The van der Waals surface area contributed by atoms with Gasteiger partial charge in [0.25, 0.3) is 0 Å². The molecule has 0 atom stereocenters. The summed E-state index contributed by atoms with van der Waals surface area (Å²) in [6, 6.07) is 38.4. The van der Waals surface area contributed by atoms with Crippen LogP contribution in [0.25, 0.3) is 0 Å². The minimum absolute atomic E-state index is 0. The van der Waals surface area contributed by atoms with Crippen LogP contribution in [-0.4, -0.2) is 20.4 Å². The first-order valence-electron chi connectivity index (χ1n) is 23.6. The van der Waals surface area contributed by atoms with E-state index in [1.807, 2.05) is 83.1 Å². The third kappa shape index (κ3) is 14.1. The molecule has 6 aromatic carbocycles. The zero-order valence-corrected chi connectivity index (χ0v) is 40.2. The topological polar surface area (TPSA) is 55.4 Å². The van der Waals surface area contributed by atoms with Gasteiger partial charge in [-0.3, -0.25) is 0 Å². The largest absolute Gasteiger partial charge is 0.457 e. The van der Waals surface area contributed by atoms with Gasteiger partial charge in [0, 0.05) is 0 Å². The molecule has 0 fully saturated rings. The second kappa shape index (κ2) is 28.8. The maximum atomic E-state index is 6.27. The second-order valence-corrected chi connectivity index (χ2v) is 13.9. The van der Waals surface area contributed by atoms with Crippen LogP contribution in [0.15, 0.2) is 109 Å². The number of benzene rings is 6. The van der Waals surface area contributed by atoms with Crippen molar-refractivity contribution in [3.63, 3.8) is 0 Å². The average molecular weight is 885 g/mol. The van der Waals surface area contributed by atoms with Crippen molar-refractivity contribution in [1.29, 1.82) is 0 Å². The van der Waals surface area contributed by atoms with Crippen molar-refractivity contribution in [2.75, 3.05) is 20.4 Å². The Morgan fingerprint density at radius 3 is 0.492 bits per heavy atom. The Bertz CT molecular complexity index is 1910. The Kier molecular flexibility index (Phi) is 24.5. The maximum absolute atomic E-state index is 6.27. The van der Waals surface area contributed by atoms with Crippen LogP contribution < -0.4 is 28.4 Å². The minimum Gasteiger partial charge on any atom is -0.457 e. The lowest BCUT2D eigenvalue weighted by Crippen LogP contribution is -2.08. The van der Waals surface area contributed by atoms with Crippen LogP contribution in [0, 0.1) is 0 Å². The predicted molar refractivity (Wildman–Crippen MR) is 275 cm³/mol. The molecule has 0 unspecified atom stereocenters. The van der Waals surface area contributed by atoms with E-state index < -0.39 is 0 Å². The summed E-state index contributed by atoms with van der Waals surface area (Å²) in [7, 11) is 0. The highest BCUT2D eigenvalue weighted by molar-refractivity contribution is 5.52. The SMILES string of the molecule is C.C.CC.CC.CC.CC.CC.CC.c1cc2c3cc1OCOc1ccc4c(c1)Cc1ccc5cc1Cc1ccc(cc1C4)OCOc1ccc(c(c1)Cc1ccc(cc1C2)OCO5)C3. The lowest BCUT2D eigenvalue weighted by atomic mass is 9.94. The van der Waals surface area contributed by atoms with Gasteiger partial charge in [0.15, 0.2) is 0 Å². The van der Waals surface area contributed by atoms with E-state index in [0.717, 1.165) is 73.0 Å². The van der Waals surface area contributed by atoms with Crippen LogP contribution in [0.4, 0.5) is 0 Å². The Labute approximate surface area is 394 Å². The van der Waals surface area contributed by atoms with Crippen molar-refractivity contribution in [3.8, 4) is 34.5 Å². The summed E-state index contributed by atoms with van der Waals surface area (Å²) in [6.45, 7) is 24.3. The van der Waals surface area contributed by atoms with E-state index in [2.05, 4.69) is 109 Å². The molecular formula is C59H80O6. The van der Waals surface area contributed by atoms with Crippen molar-refractivity contribution in [2.24, 2.45) is 0 Å². The van der Waals surface area contributed by atoms with E-state index in [1.54, 1.807) is 0 Å². The molecule has 0 saturated heterocycles. The Morgan fingerprint density at radius 1 is 0.215 bits per heavy atom. The highest BCUT2D eigenvalue weighted by Gasteiger charge is 2.20. The molecule has 2 aliphatic carbocycles. The molecule has 12 heterocycles. The summed E-state index contributed by atoms with van der Waals surface area (Å²) in [5.41, 5.74) is 14.8. The number of rotatable bonds is 0. The summed E-state index contributed by atoms with van der Waals surface area (Å²) >= 11 is 0. The van der Waals surface area contributed by atoms with Crippen LogP contribution in [0.5, 0.6) is 34.5 Å². The maximum Gasteiger partial charge on any atom is 0.230 e. The summed E-state index contributed by atoms with van der Waals surface area (Å²) in [5.74, 6) is 4.70. The average Bonchev–Trinajstić information content (AvgIpc) is 3.45. The summed E-state index contributed by atoms with van der Waals surface area (Å²) in [5, 5.41) is 0. The first kappa shape index (κ1) is 55.3. The van der Waals surface area contributed by atoms with E-state index >= 15 is 0 Å². The molecule has 0 amide bonds. The standard InChI is InChI=1S/C45H36O6.6C2H6.2CH4/c1-7-40-19-34-14-29-2-8-43-21-36(29)15-30-3-9-41(20-35(30)13-28(1)34)48-26-49-44-11-5-32-16-37-22-42(47-25-46-40)10-4-31(37)17-38-24-45(51-27-50-43)12-6-33(38)18-39(32)23-44;6*1-2;;/h1-12,19-24H,13-18,25-27H2;6*1-2H3;2*1H4. The fourth-order valence-electron chi connectivity index (χ4n) is 7.90. The predicted octanol–water partition coefficient (Wildman–Crippen LogP) is 16.2. The molecule has 352 valence electrons. The van der Waals surface area contributed by atoms with Crippen LogP contribution in [-0.2, 0) is 38.5 Å². The van der Waals surface area contributed by atoms with Crippen LogP contribution >= 0.6 is 0 Å². The summed E-state index contributed by atoms with van der Waals surface area (Å²) < 4.78 is 37.6. The highest BCUT2D eigenvalue weighted by atomic mass is 16.7. The Morgan fingerprint density at radius 2 is 0.354 bits per heavy atom. The number of hydrogen-bond acceptors (Lipinski definition) is 6. The molecule has 6 heteroatoms. The molecule has 0 saturated carbocycles.